The Kier molecular flexibility index (Phi) is 4.65. The van der Waals surface area contributed by atoms with Crippen LogP contribution in [0.15, 0.2) is 35.3 Å². The van der Waals surface area contributed by atoms with Crippen molar-refractivity contribution in [2.45, 2.75) is 33.7 Å². The molecule has 3 nitrogen and oxygen atoms in total. The number of nitrogens with zero attached hydrogens (tertiary/aromatic N) is 1. The molecular weight excluding hydrogens is 224 g/mol. The number of aliphatic imine (C=N–C) groups is 1. The number of nitrogens with one attached hydrogen (secondary N) is 1. The Hall–Kier alpha value is -1.64. The maximum atomic E-state index is 11.9. The summed E-state index contributed by atoms with van der Waals surface area (Å²) in [6.45, 7) is 8.00. The van der Waals surface area contributed by atoms with Crippen molar-refractivity contribution < 1.29 is 4.79 Å². The standard InChI is InChI=1S/C15H22N2O/c1-11(12-9-7-6-8-10-12)17-13(14(18)16-5)15(2,3)4/h6-11H,1-5H3,(H,16,18)/b17-13+/t11-/m0/s1. The normalized spacial score (nSPS) is 14.2. The van der Waals surface area contributed by atoms with Crippen LogP contribution in [-0.2, 0) is 4.79 Å². The molecule has 1 aromatic rings. The van der Waals surface area contributed by atoms with Gasteiger partial charge in [0.1, 0.15) is 5.71 Å². The van der Waals surface area contributed by atoms with E-state index in [-0.39, 0.29) is 17.4 Å². The van der Waals surface area contributed by atoms with Crippen molar-refractivity contribution in [2.75, 3.05) is 7.05 Å². The van der Waals surface area contributed by atoms with Gasteiger partial charge in [0, 0.05) is 12.5 Å². The molecule has 0 radical (unpaired) electrons. The van der Waals surface area contributed by atoms with Gasteiger partial charge in [0.05, 0.1) is 6.04 Å². The number of hydrogen-bond donors (Lipinski definition) is 1. The highest BCUT2D eigenvalue weighted by Gasteiger charge is 2.25. The fourth-order valence-corrected chi connectivity index (χ4v) is 1.71. The Balaban J connectivity index is 3.06. The molecule has 1 N–H and O–H groups in total. The zero-order valence-corrected chi connectivity index (χ0v) is 11.8. The number of carbonyl (C=O) groups excluding carboxylic acids is 1. The maximum absolute atomic E-state index is 11.9. The largest absolute Gasteiger partial charge is 0.354 e. The van der Waals surface area contributed by atoms with Crippen molar-refractivity contribution in [3.8, 4) is 0 Å². The molecule has 1 atom stereocenters. The van der Waals surface area contributed by atoms with E-state index in [9.17, 15) is 4.79 Å². The second-order valence-electron chi connectivity index (χ2n) is 5.39. The lowest BCUT2D eigenvalue weighted by molar-refractivity contribution is -0.114. The van der Waals surface area contributed by atoms with E-state index in [0.29, 0.717) is 5.71 Å². The fraction of sp³-hybridized carbons (Fsp3) is 0.467. The van der Waals surface area contributed by atoms with Gasteiger partial charge in [0.2, 0.25) is 0 Å². The van der Waals surface area contributed by atoms with E-state index in [1.807, 2.05) is 58.0 Å². The van der Waals surface area contributed by atoms with Crippen LogP contribution < -0.4 is 5.32 Å². The van der Waals surface area contributed by atoms with Gasteiger partial charge >= 0.3 is 0 Å². The van der Waals surface area contributed by atoms with Gasteiger partial charge in [-0.05, 0) is 12.5 Å². The zero-order valence-electron chi connectivity index (χ0n) is 11.8. The molecule has 0 bridgehead atoms. The molecule has 0 aliphatic rings. The summed E-state index contributed by atoms with van der Waals surface area (Å²) in [4.78, 5) is 16.5. The third kappa shape index (κ3) is 3.69. The van der Waals surface area contributed by atoms with Crippen molar-refractivity contribution in [3.05, 3.63) is 35.9 Å². The summed E-state index contributed by atoms with van der Waals surface area (Å²) in [6, 6.07) is 9.98. The van der Waals surface area contributed by atoms with Crippen LogP contribution in [0.25, 0.3) is 0 Å². The van der Waals surface area contributed by atoms with Crippen molar-refractivity contribution in [1.82, 2.24) is 5.32 Å². The van der Waals surface area contributed by atoms with E-state index < -0.39 is 0 Å². The van der Waals surface area contributed by atoms with Crippen LogP contribution in [0.1, 0.15) is 39.3 Å². The van der Waals surface area contributed by atoms with Gasteiger partial charge in [-0.3, -0.25) is 9.79 Å². The zero-order chi connectivity index (χ0) is 13.8. The van der Waals surface area contributed by atoms with Gasteiger partial charge in [-0.1, -0.05) is 51.1 Å². The van der Waals surface area contributed by atoms with E-state index in [4.69, 9.17) is 0 Å². The monoisotopic (exact) mass is 246 g/mol. The van der Waals surface area contributed by atoms with E-state index in [1.165, 1.54) is 0 Å². The van der Waals surface area contributed by atoms with E-state index >= 15 is 0 Å². The number of amides is 1. The molecule has 3 heteroatoms. The summed E-state index contributed by atoms with van der Waals surface area (Å²) < 4.78 is 0. The number of benzene rings is 1. The summed E-state index contributed by atoms with van der Waals surface area (Å²) in [5, 5.41) is 2.66. The molecule has 1 rings (SSSR count). The molecular formula is C15H22N2O. The fourth-order valence-electron chi connectivity index (χ4n) is 1.71. The minimum atomic E-state index is -0.261. The van der Waals surface area contributed by atoms with Crippen molar-refractivity contribution in [1.29, 1.82) is 0 Å². The molecule has 0 aromatic heterocycles. The Morgan fingerprint density at radius 2 is 1.78 bits per heavy atom. The average Bonchev–Trinajstić information content (AvgIpc) is 2.34. The second-order valence-corrected chi connectivity index (χ2v) is 5.39. The lowest BCUT2D eigenvalue weighted by Crippen LogP contribution is -2.37. The first kappa shape index (κ1) is 14.4. The minimum Gasteiger partial charge on any atom is -0.354 e. The van der Waals surface area contributed by atoms with E-state index in [0.717, 1.165) is 5.56 Å². The van der Waals surface area contributed by atoms with Crippen LogP contribution in [0.5, 0.6) is 0 Å². The molecule has 98 valence electrons. The average molecular weight is 246 g/mol. The van der Waals surface area contributed by atoms with Crippen LogP contribution in [0.4, 0.5) is 0 Å². The predicted octanol–water partition coefficient (Wildman–Crippen LogP) is 2.98. The van der Waals surface area contributed by atoms with Crippen molar-refractivity contribution in [2.24, 2.45) is 10.4 Å². The number of carbonyl (C=O) groups is 1. The lowest BCUT2D eigenvalue weighted by Gasteiger charge is -2.22. The van der Waals surface area contributed by atoms with Gasteiger partial charge < -0.3 is 5.32 Å². The second kappa shape index (κ2) is 5.80. The van der Waals surface area contributed by atoms with Crippen LogP contribution in [0.3, 0.4) is 0 Å². The van der Waals surface area contributed by atoms with Crippen LogP contribution >= 0.6 is 0 Å². The molecule has 0 heterocycles. The molecule has 0 fully saturated rings. The predicted molar refractivity (Wildman–Crippen MR) is 75.8 cm³/mol. The molecule has 0 unspecified atom stereocenters. The smallest absolute Gasteiger partial charge is 0.265 e. The summed E-state index contributed by atoms with van der Waals surface area (Å²) >= 11 is 0. The molecule has 0 aliphatic carbocycles. The maximum Gasteiger partial charge on any atom is 0.265 e. The first-order chi connectivity index (χ1) is 8.36. The Morgan fingerprint density at radius 3 is 2.22 bits per heavy atom. The Labute approximate surface area is 109 Å². The lowest BCUT2D eigenvalue weighted by atomic mass is 9.89. The molecule has 18 heavy (non-hydrogen) atoms. The van der Waals surface area contributed by atoms with Crippen LogP contribution in [-0.4, -0.2) is 18.7 Å². The SMILES string of the molecule is CNC(=O)/C(=N\[C@@H](C)c1ccccc1)C(C)(C)C. The van der Waals surface area contributed by atoms with Crippen molar-refractivity contribution >= 4 is 11.6 Å². The van der Waals surface area contributed by atoms with Crippen LogP contribution in [0, 0.1) is 5.41 Å². The molecule has 0 spiro atoms. The topological polar surface area (TPSA) is 41.5 Å². The molecule has 1 amide bonds. The molecule has 0 saturated heterocycles. The summed E-state index contributed by atoms with van der Waals surface area (Å²) in [5.41, 5.74) is 1.44. The highest BCUT2D eigenvalue weighted by atomic mass is 16.1. The summed E-state index contributed by atoms with van der Waals surface area (Å²) in [7, 11) is 1.64. The Bertz CT molecular complexity index is 430. The van der Waals surface area contributed by atoms with Crippen LogP contribution in [0.2, 0.25) is 0 Å². The van der Waals surface area contributed by atoms with Gasteiger partial charge in [-0.15, -0.1) is 0 Å². The molecule has 1 aromatic carbocycles. The summed E-state index contributed by atoms with van der Waals surface area (Å²) in [6.07, 6.45) is 0. The van der Waals surface area contributed by atoms with E-state index in [1.54, 1.807) is 7.05 Å². The molecule has 0 aliphatic heterocycles. The minimum absolute atomic E-state index is 0.0160. The van der Waals surface area contributed by atoms with Gasteiger partial charge in [-0.25, -0.2) is 0 Å². The third-order valence-electron chi connectivity index (χ3n) is 2.76. The van der Waals surface area contributed by atoms with E-state index in [2.05, 4.69) is 10.3 Å². The molecule has 0 saturated carbocycles. The number of rotatable bonds is 3. The van der Waals surface area contributed by atoms with Gasteiger partial charge in [0.25, 0.3) is 5.91 Å². The summed E-state index contributed by atoms with van der Waals surface area (Å²) in [5.74, 6) is -0.106. The highest BCUT2D eigenvalue weighted by molar-refractivity contribution is 6.40. The third-order valence-corrected chi connectivity index (χ3v) is 2.76. The van der Waals surface area contributed by atoms with Crippen molar-refractivity contribution in [3.63, 3.8) is 0 Å². The first-order valence-corrected chi connectivity index (χ1v) is 6.21. The van der Waals surface area contributed by atoms with Gasteiger partial charge in [-0.2, -0.15) is 0 Å². The highest BCUT2D eigenvalue weighted by Crippen LogP contribution is 2.22. The quantitative estimate of drug-likeness (QED) is 0.818. The van der Waals surface area contributed by atoms with Gasteiger partial charge in [0.15, 0.2) is 0 Å². The Morgan fingerprint density at radius 1 is 1.22 bits per heavy atom. The number of hydrogen-bond acceptors (Lipinski definition) is 2. The first-order valence-electron chi connectivity index (χ1n) is 6.21.